The summed E-state index contributed by atoms with van der Waals surface area (Å²) in [5.74, 6) is -1.16. The summed E-state index contributed by atoms with van der Waals surface area (Å²) in [6, 6.07) is 2.06. The number of rotatable bonds is 2. The number of alkyl halides is 1. The van der Waals surface area contributed by atoms with Crippen LogP contribution in [0, 0.1) is 18.6 Å². The third-order valence-corrected chi connectivity index (χ3v) is 6.51. The molecule has 2 atom stereocenters. The van der Waals surface area contributed by atoms with Crippen molar-refractivity contribution in [1.82, 2.24) is 0 Å². The Hall–Kier alpha value is -0.680. The highest BCUT2D eigenvalue weighted by Gasteiger charge is 2.36. The second kappa shape index (κ2) is 5.37. The second-order valence-corrected chi connectivity index (χ2v) is 7.74. The SMILES string of the molecule is Cc1cc(F)c(C(Cl)C2CCCCS2(=O)=O)cc1F. The number of halogens is 3. The third kappa shape index (κ3) is 2.92. The summed E-state index contributed by atoms with van der Waals surface area (Å²) in [5, 5.41) is -1.88. The maximum absolute atomic E-state index is 13.8. The third-order valence-electron chi connectivity index (χ3n) is 3.53. The van der Waals surface area contributed by atoms with Gasteiger partial charge in [-0.3, -0.25) is 0 Å². The van der Waals surface area contributed by atoms with Crippen LogP contribution in [0.25, 0.3) is 0 Å². The van der Waals surface area contributed by atoms with Gasteiger partial charge in [0.15, 0.2) is 9.84 Å². The van der Waals surface area contributed by atoms with E-state index in [1.54, 1.807) is 0 Å². The van der Waals surface area contributed by atoms with Crippen LogP contribution in [-0.2, 0) is 9.84 Å². The molecule has 1 aliphatic heterocycles. The van der Waals surface area contributed by atoms with Crippen LogP contribution in [0.1, 0.15) is 35.8 Å². The molecule has 106 valence electrons. The Bertz CT molecular complexity index is 587. The van der Waals surface area contributed by atoms with Gasteiger partial charge in [-0.1, -0.05) is 6.42 Å². The molecule has 1 aromatic carbocycles. The maximum Gasteiger partial charge on any atom is 0.154 e. The monoisotopic (exact) mass is 308 g/mol. The van der Waals surface area contributed by atoms with Crippen LogP contribution in [0.2, 0.25) is 0 Å². The van der Waals surface area contributed by atoms with Gasteiger partial charge in [-0.25, -0.2) is 17.2 Å². The fourth-order valence-electron chi connectivity index (χ4n) is 2.38. The quantitative estimate of drug-likeness (QED) is 0.783. The molecule has 0 radical (unpaired) electrons. The number of aryl methyl sites for hydroxylation is 1. The molecule has 1 aromatic rings. The van der Waals surface area contributed by atoms with Crippen LogP contribution in [0.3, 0.4) is 0 Å². The van der Waals surface area contributed by atoms with Gasteiger partial charge in [0.25, 0.3) is 0 Å². The van der Waals surface area contributed by atoms with Gasteiger partial charge in [-0.15, -0.1) is 11.6 Å². The van der Waals surface area contributed by atoms with Crippen molar-refractivity contribution in [1.29, 1.82) is 0 Å². The van der Waals surface area contributed by atoms with E-state index < -0.39 is 32.1 Å². The molecule has 1 fully saturated rings. The van der Waals surface area contributed by atoms with Crippen molar-refractivity contribution in [2.24, 2.45) is 0 Å². The van der Waals surface area contributed by atoms with Gasteiger partial charge in [-0.05, 0) is 37.5 Å². The standard InChI is InChI=1S/C13H15ClF2O2S/c1-8-6-11(16)9(7-10(8)15)13(14)12-4-2-3-5-19(12,17)18/h6-7,12-13H,2-5H2,1H3. The van der Waals surface area contributed by atoms with E-state index in [2.05, 4.69) is 0 Å². The highest BCUT2D eigenvalue weighted by molar-refractivity contribution is 7.92. The van der Waals surface area contributed by atoms with Gasteiger partial charge in [0.05, 0.1) is 16.4 Å². The molecule has 19 heavy (non-hydrogen) atoms. The summed E-state index contributed by atoms with van der Waals surface area (Å²) >= 11 is 6.11. The van der Waals surface area contributed by atoms with Gasteiger partial charge >= 0.3 is 0 Å². The zero-order valence-corrected chi connectivity index (χ0v) is 12.1. The molecule has 0 aromatic heterocycles. The van der Waals surface area contributed by atoms with Gasteiger partial charge in [0.1, 0.15) is 11.6 Å². The summed E-state index contributed by atoms with van der Waals surface area (Å²) in [4.78, 5) is 0. The van der Waals surface area contributed by atoms with Crippen LogP contribution >= 0.6 is 11.6 Å². The van der Waals surface area contributed by atoms with E-state index in [1.807, 2.05) is 0 Å². The van der Waals surface area contributed by atoms with Gasteiger partial charge < -0.3 is 0 Å². The van der Waals surface area contributed by atoms with Crippen LogP contribution in [0.4, 0.5) is 8.78 Å². The van der Waals surface area contributed by atoms with Crippen molar-refractivity contribution >= 4 is 21.4 Å². The molecule has 0 bridgehead atoms. The Morgan fingerprint density at radius 3 is 2.58 bits per heavy atom. The van der Waals surface area contributed by atoms with Crippen LogP contribution < -0.4 is 0 Å². The van der Waals surface area contributed by atoms with Gasteiger partial charge in [0.2, 0.25) is 0 Å². The lowest BCUT2D eigenvalue weighted by atomic mass is 10.0. The minimum Gasteiger partial charge on any atom is -0.228 e. The summed E-state index contributed by atoms with van der Waals surface area (Å²) in [6.07, 6.45) is 1.74. The van der Waals surface area contributed by atoms with E-state index in [0.717, 1.165) is 18.6 Å². The van der Waals surface area contributed by atoms with E-state index in [1.165, 1.54) is 6.92 Å². The largest absolute Gasteiger partial charge is 0.228 e. The van der Waals surface area contributed by atoms with Crippen LogP contribution in [0.15, 0.2) is 12.1 Å². The zero-order valence-electron chi connectivity index (χ0n) is 10.5. The predicted octanol–water partition coefficient (Wildman–Crippen LogP) is 3.52. The van der Waals surface area contributed by atoms with Gasteiger partial charge in [0, 0.05) is 5.56 Å². The first-order valence-corrected chi connectivity index (χ1v) is 8.29. The van der Waals surface area contributed by atoms with Crippen molar-refractivity contribution in [3.05, 3.63) is 34.9 Å². The summed E-state index contributed by atoms with van der Waals surface area (Å²) < 4.78 is 51.3. The lowest BCUT2D eigenvalue weighted by molar-refractivity contribution is 0.522. The van der Waals surface area contributed by atoms with E-state index in [9.17, 15) is 17.2 Å². The summed E-state index contributed by atoms with van der Waals surface area (Å²) in [5.41, 5.74) is 0.108. The first-order chi connectivity index (χ1) is 8.83. The second-order valence-electron chi connectivity index (χ2n) is 4.93. The van der Waals surface area contributed by atoms with E-state index in [4.69, 9.17) is 11.6 Å². The fourth-order valence-corrected chi connectivity index (χ4v) is 5.09. The average Bonchev–Trinajstić information content (AvgIpc) is 2.32. The molecule has 2 unspecified atom stereocenters. The molecule has 0 saturated carbocycles. The molecular weight excluding hydrogens is 294 g/mol. The van der Waals surface area contributed by atoms with Gasteiger partial charge in [-0.2, -0.15) is 0 Å². The minimum absolute atomic E-state index is 0.0663. The predicted molar refractivity (Wildman–Crippen MR) is 71.1 cm³/mol. The Labute approximate surface area is 116 Å². The first kappa shape index (κ1) is 14.7. The molecule has 6 heteroatoms. The summed E-state index contributed by atoms with van der Waals surface area (Å²) in [7, 11) is -3.33. The first-order valence-electron chi connectivity index (χ1n) is 6.14. The van der Waals surface area contributed by atoms with Crippen molar-refractivity contribution in [3.8, 4) is 0 Å². The highest BCUT2D eigenvalue weighted by Crippen LogP contribution is 2.37. The average molecular weight is 309 g/mol. The van der Waals surface area contributed by atoms with Crippen LogP contribution in [0.5, 0.6) is 0 Å². The molecular formula is C13H15ClF2O2S. The molecule has 0 N–H and O–H groups in total. The Morgan fingerprint density at radius 1 is 1.26 bits per heavy atom. The molecule has 0 amide bonds. The normalized spacial score (nSPS) is 24.1. The van der Waals surface area contributed by atoms with Crippen molar-refractivity contribution in [2.75, 3.05) is 5.75 Å². The highest BCUT2D eigenvalue weighted by atomic mass is 35.5. The van der Waals surface area contributed by atoms with E-state index >= 15 is 0 Å². The molecule has 0 spiro atoms. The Balaban J connectivity index is 2.39. The molecule has 0 aliphatic carbocycles. The molecule has 2 nitrogen and oxygen atoms in total. The Morgan fingerprint density at radius 2 is 1.95 bits per heavy atom. The van der Waals surface area contributed by atoms with Crippen molar-refractivity contribution in [2.45, 2.75) is 36.8 Å². The van der Waals surface area contributed by atoms with Crippen LogP contribution in [-0.4, -0.2) is 19.4 Å². The number of benzene rings is 1. The van der Waals surface area contributed by atoms with Crippen molar-refractivity contribution < 1.29 is 17.2 Å². The number of sulfone groups is 1. The lowest BCUT2D eigenvalue weighted by Crippen LogP contribution is -2.32. The summed E-state index contributed by atoms with van der Waals surface area (Å²) in [6.45, 7) is 1.45. The fraction of sp³-hybridized carbons (Fsp3) is 0.538. The molecule has 1 heterocycles. The topological polar surface area (TPSA) is 34.1 Å². The van der Waals surface area contributed by atoms with Crippen molar-refractivity contribution in [3.63, 3.8) is 0 Å². The molecule has 2 rings (SSSR count). The maximum atomic E-state index is 13.8. The van der Waals surface area contributed by atoms with E-state index in [-0.39, 0.29) is 16.9 Å². The number of hydrogen-bond acceptors (Lipinski definition) is 2. The smallest absolute Gasteiger partial charge is 0.154 e. The minimum atomic E-state index is -3.33. The number of hydrogen-bond donors (Lipinski definition) is 0. The van der Waals surface area contributed by atoms with E-state index in [0.29, 0.717) is 12.8 Å². The molecule has 1 saturated heterocycles. The Kier molecular flexibility index (Phi) is 4.16. The molecule has 1 aliphatic rings. The lowest BCUT2D eigenvalue weighted by Gasteiger charge is -2.26. The zero-order chi connectivity index (χ0) is 14.2.